The van der Waals surface area contributed by atoms with Crippen LogP contribution in [0.4, 0.5) is 44.6 Å². The van der Waals surface area contributed by atoms with Crippen LogP contribution in [0.3, 0.4) is 0 Å². The van der Waals surface area contributed by atoms with Crippen molar-refractivity contribution < 1.29 is 22.3 Å². The highest BCUT2D eigenvalue weighted by Crippen LogP contribution is 2.38. The van der Waals surface area contributed by atoms with Gasteiger partial charge in [0.15, 0.2) is 11.6 Å². The van der Waals surface area contributed by atoms with Gasteiger partial charge in [-0.3, -0.25) is 9.52 Å². The molecule has 0 unspecified atom stereocenters. The highest BCUT2D eigenvalue weighted by atomic mass is 32.2. The van der Waals surface area contributed by atoms with Gasteiger partial charge < -0.3 is 30.5 Å². The van der Waals surface area contributed by atoms with Crippen molar-refractivity contribution in [2.45, 2.75) is 4.90 Å². The van der Waals surface area contributed by atoms with Gasteiger partial charge in [0.2, 0.25) is 11.9 Å². The van der Waals surface area contributed by atoms with Crippen LogP contribution in [0.1, 0.15) is 0 Å². The molecule has 4 aromatic rings. The fraction of sp³-hybridized carbons (Fsp3) is 0.194. The number of hydrogen-bond acceptors (Lipinski definition) is 10. The fourth-order valence-corrected chi connectivity index (χ4v) is 5.25. The van der Waals surface area contributed by atoms with E-state index in [-0.39, 0.29) is 28.0 Å². The number of carbonyl (C=O) groups is 1. The number of para-hydroxylation sites is 2. The van der Waals surface area contributed by atoms with Crippen molar-refractivity contribution in [3.63, 3.8) is 0 Å². The highest BCUT2D eigenvalue weighted by molar-refractivity contribution is 7.92. The second kappa shape index (κ2) is 14.5. The molecule has 0 bridgehead atoms. The third-order valence-electron chi connectivity index (χ3n) is 6.52. The second-order valence-electron chi connectivity index (χ2n) is 10.1. The molecular formula is C31H35FN8O4S. The molecule has 1 amide bonds. The zero-order valence-corrected chi connectivity index (χ0v) is 26.2. The number of aromatic nitrogens is 2. The van der Waals surface area contributed by atoms with E-state index >= 15 is 0 Å². The third kappa shape index (κ3) is 8.46. The third-order valence-corrected chi connectivity index (χ3v) is 7.90. The number of carbonyl (C=O) groups excluding carboxylic acids is 1. The predicted octanol–water partition coefficient (Wildman–Crippen LogP) is 5.03. The summed E-state index contributed by atoms with van der Waals surface area (Å²) in [7, 11) is 3.42. The maximum Gasteiger partial charge on any atom is 0.261 e. The lowest BCUT2D eigenvalue weighted by Crippen LogP contribution is -2.29. The zero-order chi connectivity index (χ0) is 32.6. The van der Waals surface area contributed by atoms with Crippen LogP contribution in [0.2, 0.25) is 0 Å². The summed E-state index contributed by atoms with van der Waals surface area (Å²) in [5, 5.41) is 8.71. The Labute approximate surface area is 262 Å². The van der Waals surface area contributed by atoms with Gasteiger partial charge in [-0.15, -0.1) is 0 Å². The van der Waals surface area contributed by atoms with Crippen molar-refractivity contribution in [3.05, 3.63) is 91.4 Å². The molecule has 12 nitrogen and oxygen atoms in total. The van der Waals surface area contributed by atoms with Crippen LogP contribution in [0.5, 0.6) is 5.75 Å². The summed E-state index contributed by atoms with van der Waals surface area (Å²) in [6.07, 6.45) is 2.14. The van der Waals surface area contributed by atoms with Crippen LogP contribution in [-0.4, -0.2) is 70.5 Å². The average Bonchev–Trinajstić information content (AvgIpc) is 3.02. The summed E-state index contributed by atoms with van der Waals surface area (Å²) in [5.74, 6) is -0.960. The molecule has 0 atom stereocenters. The SMILES string of the molecule is C=CC(=O)Nc1cc(Nc2ncc(F)c(Nc3ccccc3NS(=O)(=O)c3ccccc3)n2)c(OC)cc1N(C)CCN(C)C. The van der Waals surface area contributed by atoms with E-state index in [1.54, 1.807) is 54.6 Å². The Morgan fingerprint density at radius 1 is 0.956 bits per heavy atom. The Balaban J connectivity index is 1.64. The largest absolute Gasteiger partial charge is 0.494 e. The maximum atomic E-state index is 14.9. The number of methoxy groups -OCH3 is 1. The lowest BCUT2D eigenvalue weighted by Gasteiger charge is -2.26. The Morgan fingerprint density at radius 2 is 1.64 bits per heavy atom. The highest BCUT2D eigenvalue weighted by Gasteiger charge is 2.19. The fourth-order valence-electron chi connectivity index (χ4n) is 4.15. The van der Waals surface area contributed by atoms with Crippen molar-refractivity contribution in [1.29, 1.82) is 0 Å². The topological polar surface area (TPSA) is 141 Å². The van der Waals surface area contributed by atoms with Crippen molar-refractivity contribution in [3.8, 4) is 5.75 Å². The molecular weight excluding hydrogens is 599 g/mol. The summed E-state index contributed by atoms with van der Waals surface area (Å²) in [6.45, 7) is 4.97. The Kier molecular flexibility index (Phi) is 10.5. The average molecular weight is 635 g/mol. The van der Waals surface area contributed by atoms with Crippen molar-refractivity contribution in [2.24, 2.45) is 0 Å². The van der Waals surface area contributed by atoms with Crippen LogP contribution in [0, 0.1) is 5.82 Å². The standard InChI is InChI=1S/C31H35FN8O4S/c1-6-29(41)34-25-18-26(28(44-5)19-27(25)40(4)17-16-39(2)3)36-31-33-20-22(32)30(37-31)35-23-14-10-11-15-24(23)38-45(42,43)21-12-8-7-9-13-21/h6-15,18-20,38H,1,16-17H2,2-5H3,(H,34,41)(H2,33,35,36,37). The van der Waals surface area contributed by atoms with E-state index in [1.165, 1.54) is 25.3 Å². The molecule has 0 aliphatic rings. The first-order valence-corrected chi connectivity index (χ1v) is 15.2. The number of ether oxygens (including phenoxy) is 1. The molecule has 0 saturated heterocycles. The Hall–Kier alpha value is -5.21. The number of sulfonamides is 1. The molecule has 14 heteroatoms. The van der Waals surface area contributed by atoms with Gasteiger partial charge in [0.25, 0.3) is 10.0 Å². The normalized spacial score (nSPS) is 11.1. The molecule has 3 aromatic carbocycles. The van der Waals surface area contributed by atoms with Gasteiger partial charge in [-0.2, -0.15) is 4.98 Å². The Bertz CT molecular complexity index is 1770. The minimum Gasteiger partial charge on any atom is -0.494 e. The monoisotopic (exact) mass is 634 g/mol. The molecule has 1 heterocycles. The van der Waals surface area contributed by atoms with Crippen LogP contribution in [0.25, 0.3) is 0 Å². The first-order valence-electron chi connectivity index (χ1n) is 13.8. The van der Waals surface area contributed by atoms with Crippen LogP contribution >= 0.6 is 0 Å². The molecule has 1 aromatic heterocycles. The summed E-state index contributed by atoms with van der Waals surface area (Å²) in [4.78, 5) is 24.7. The predicted molar refractivity (Wildman–Crippen MR) is 176 cm³/mol. The van der Waals surface area contributed by atoms with Crippen molar-refractivity contribution >= 4 is 56.1 Å². The van der Waals surface area contributed by atoms with Crippen molar-refractivity contribution in [1.82, 2.24) is 14.9 Å². The summed E-state index contributed by atoms with van der Waals surface area (Å²) < 4.78 is 49.0. The van der Waals surface area contributed by atoms with Gasteiger partial charge in [0.1, 0.15) is 5.75 Å². The van der Waals surface area contributed by atoms with E-state index in [4.69, 9.17) is 4.74 Å². The number of amides is 1. The molecule has 0 fully saturated rings. The lowest BCUT2D eigenvalue weighted by atomic mass is 10.2. The molecule has 0 radical (unpaired) electrons. The van der Waals surface area contributed by atoms with Crippen LogP contribution in [-0.2, 0) is 14.8 Å². The summed E-state index contributed by atoms with van der Waals surface area (Å²) in [5.41, 5.74) is 2.02. The number of rotatable bonds is 14. The Morgan fingerprint density at radius 3 is 2.31 bits per heavy atom. The minimum absolute atomic E-state index is 0.00857. The van der Waals surface area contributed by atoms with Crippen LogP contribution < -0.4 is 30.3 Å². The molecule has 4 N–H and O–H groups in total. The lowest BCUT2D eigenvalue weighted by molar-refractivity contribution is -0.111. The number of nitrogens with zero attached hydrogens (tertiary/aromatic N) is 4. The van der Waals surface area contributed by atoms with Gasteiger partial charge in [0.05, 0.1) is 46.6 Å². The van der Waals surface area contributed by atoms with Crippen molar-refractivity contribution in [2.75, 3.05) is 66.9 Å². The maximum absolute atomic E-state index is 14.9. The van der Waals surface area contributed by atoms with Gasteiger partial charge >= 0.3 is 0 Å². The number of nitrogens with one attached hydrogen (secondary N) is 4. The van der Waals surface area contributed by atoms with E-state index in [2.05, 4.69) is 37.2 Å². The quantitative estimate of drug-likeness (QED) is 0.140. The van der Waals surface area contributed by atoms with E-state index in [1.807, 2.05) is 30.9 Å². The van der Waals surface area contributed by atoms with Gasteiger partial charge in [-0.25, -0.2) is 17.8 Å². The molecule has 0 aliphatic carbocycles. The van der Waals surface area contributed by atoms with E-state index in [9.17, 15) is 17.6 Å². The molecule has 236 valence electrons. The van der Waals surface area contributed by atoms with Gasteiger partial charge in [0, 0.05) is 26.2 Å². The number of likely N-dealkylation sites (N-methyl/N-ethyl adjacent to an activating group) is 2. The first kappa shape index (κ1) is 32.7. The molecule has 0 spiro atoms. The van der Waals surface area contributed by atoms with E-state index in [0.717, 1.165) is 12.7 Å². The number of hydrogen-bond donors (Lipinski definition) is 4. The number of anilines is 7. The smallest absolute Gasteiger partial charge is 0.261 e. The second-order valence-corrected chi connectivity index (χ2v) is 11.8. The summed E-state index contributed by atoms with van der Waals surface area (Å²) in [6, 6.07) is 17.7. The molecule has 4 rings (SSSR count). The first-order chi connectivity index (χ1) is 21.5. The number of halogens is 1. The number of benzene rings is 3. The van der Waals surface area contributed by atoms with Gasteiger partial charge in [-0.1, -0.05) is 36.9 Å². The summed E-state index contributed by atoms with van der Waals surface area (Å²) >= 11 is 0. The van der Waals surface area contributed by atoms with E-state index in [0.29, 0.717) is 29.4 Å². The molecule has 0 aliphatic heterocycles. The molecule has 45 heavy (non-hydrogen) atoms. The van der Waals surface area contributed by atoms with Crippen LogP contribution in [0.15, 0.2) is 90.5 Å². The minimum atomic E-state index is -3.91. The molecule has 0 saturated carbocycles. The zero-order valence-electron chi connectivity index (χ0n) is 25.3. The van der Waals surface area contributed by atoms with Gasteiger partial charge in [-0.05, 0) is 50.5 Å². The van der Waals surface area contributed by atoms with E-state index < -0.39 is 21.7 Å².